The van der Waals surface area contributed by atoms with E-state index in [2.05, 4.69) is 0 Å². The minimum Gasteiger partial charge on any atom is -0.412 e. The third-order valence-electron chi connectivity index (χ3n) is 4.62. The summed E-state index contributed by atoms with van der Waals surface area (Å²) in [5.74, 6) is 0.0514. The third-order valence-corrected chi connectivity index (χ3v) is 4.87. The van der Waals surface area contributed by atoms with E-state index in [1.54, 1.807) is 28.8 Å². The standard InChI is InChI=1S/C17H18ClNO3/c1-9-8-14-16(11(3)10(2)15(9)20)22-17(21)19(14)13-6-4-12(18)5-7-13/h4-7,9-11H,8H2,1-3H3/t9-,10+,11-/m0/s1. The van der Waals surface area contributed by atoms with Gasteiger partial charge in [-0.2, -0.15) is 0 Å². The van der Waals surface area contributed by atoms with Gasteiger partial charge in [-0.3, -0.25) is 4.79 Å². The lowest BCUT2D eigenvalue weighted by molar-refractivity contribution is -0.126. The molecule has 0 spiro atoms. The van der Waals surface area contributed by atoms with Gasteiger partial charge in [0.1, 0.15) is 11.5 Å². The number of halogens is 1. The molecule has 1 aliphatic rings. The van der Waals surface area contributed by atoms with E-state index >= 15 is 0 Å². The Hall–Kier alpha value is -1.81. The van der Waals surface area contributed by atoms with Gasteiger partial charge in [0.25, 0.3) is 0 Å². The van der Waals surface area contributed by atoms with E-state index in [4.69, 9.17) is 16.0 Å². The molecule has 0 N–H and O–H groups in total. The molecule has 3 rings (SSSR count). The molecular formula is C17H18ClNO3. The second-order valence-electron chi connectivity index (χ2n) is 6.08. The molecule has 1 heterocycles. The maximum atomic E-state index is 12.4. The van der Waals surface area contributed by atoms with Crippen LogP contribution in [0.15, 0.2) is 33.5 Å². The lowest BCUT2D eigenvalue weighted by Gasteiger charge is -2.15. The van der Waals surface area contributed by atoms with Crippen molar-refractivity contribution in [2.75, 3.05) is 0 Å². The fourth-order valence-corrected chi connectivity index (χ4v) is 3.26. The van der Waals surface area contributed by atoms with E-state index in [9.17, 15) is 9.59 Å². The summed E-state index contributed by atoms with van der Waals surface area (Å²) < 4.78 is 7.06. The number of ketones is 1. The molecule has 2 aromatic rings. The Morgan fingerprint density at radius 1 is 1.09 bits per heavy atom. The Labute approximate surface area is 133 Å². The Balaban J connectivity index is 2.20. The van der Waals surface area contributed by atoms with Gasteiger partial charge in [0, 0.05) is 29.2 Å². The summed E-state index contributed by atoms with van der Waals surface area (Å²) >= 11 is 5.91. The molecule has 3 atom stereocenters. The molecule has 0 fully saturated rings. The Kier molecular flexibility index (Phi) is 3.73. The first kappa shape index (κ1) is 15.1. The molecule has 22 heavy (non-hydrogen) atoms. The number of carbonyl (C=O) groups is 1. The molecular weight excluding hydrogens is 302 g/mol. The molecule has 0 bridgehead atoms. The molecule has 0 aliphatic heterocycles. The number of fused-ring (bicyclic) bond motifs is 1. The fraction of sp³-hybridized carbons (Fsp3) is 0.412. The van der Waals surface area contributed by atoms with Crippen LogP contribution in [0.2, 0.25) is 5.02 Å². The van der Waals surface area contributed by atoms with E-state index in [1.807, 2.05) is 20.8 Å². The van der Waals surface area contributed by atoms with Crippen LogP contribution in [0.25, 0.3) is 5.69 Å². The summed E-state index contributed by atoms with van der Waals surface area (Å²) in [7, 11) is 0. The normalized spacial score (nSPS) is 24.9. The Morgan fingerprint density at radius 2 is 1.73 bits per heavy atom. The lowest BCUT2D eigenvalue weighted by Crippen LogP contribution is -2.23. The number of hydrogen-bond donors (Lipinski definition) is 0. The first-order valence-corrected chi connectivity index (χ1v) is 7.82. The number of oxazole rings is 1. The van der Waals surface area contributed by atoms with Crippen LogP contribution in [0.4, 0.5) is 0 Å². The molecule has 4 nitrogen and oxygen atoms in total. The minimum absolute atomic E-state index is 0.103. The number of hydrogen-bond acceptors (Lipinski definition) is 3. The fourth-order valence-electron chi connectivity index (χ4n) is 3.13. The monoisotopic (exact) mass is 319 g/mol. The van der Waals surface area contributed by atoms with Crippen LogP contribution in [0.1, 0.15) is 38.1 Å². The predicted octanol–water partition coefficient (Wildman–Crippen LogP) is 3.58. The molecule has 116 valence electrons. The van der Waals surface area contributed by atoms with Gasteiger partial charge in [-0.15, -0.1) is 0 Å². The number of nitrogens with zero attached hydrogens (tertiary/aromatic N) is 1. The second-order valence-corrected chi connectivity index (χ2v) is 6.51. The van der Waals surface area contributed by atoms with Crippen molar-refractivity contribution in [1.29, 1.82) is 0 Å². The number of Topliss-reactive ketones (excluding diaryl/α,β-unsaturated/α-hetero) is 1. The molecule has 0 unspecified atom stereocenters. The van der Waals surface area contributed by atoms with Gasteiger partial charge in [0.05, 0.1) is 11.4 Å². The summed E-state index contributed by atoms with van der Waals surface area (Å²) in [6, 6.07) is 7.04. The smallest absolute Gasteiger partial charge is 0.412 e. The number of aromatic nitrogens is 1. The van der Waals surface area contributed by atoms with E-state index in [1.165, 1.54) is 0 Å². The highest BCUT2D eigenvalue weighted by Gasteiger charge is 2.36. The lowest BCUT2D eigenvalue weighted by atomic mass is 9.87. The SMILES string of the molecule is C[C@@H]1c2oc(=O)n(-c3ccc(Cl)cc3)c2C[C@H](C)C(=O)[C@@H]1C. The van der Waals surface area contributed by atoms with E-state index in [0.29, 0.717) is 22.9 Å². The maximum Gasteiger partial charge on any atom is 0.424 e. The minimum atomic E-state index is -0.409. The highest BCUT2D eigenvalue weighted by molar-refractivity contribution is 6.30. The first-order chi connectivity index (χ1) is 10.4. The van der Waals surface area contributed by atoms with Gasteiger partial charge >= 0.3 is 5.76 Å². The van der Waals surface area contributed by atoms with Crippen molar-refractivity contribution in [3.63, 3.8) is 0 Å². The van der Waals surface area contributed by atoms with Gasteiger partial charge in [0.2, 0.25) is 0 Å². The quantitative estimate of drug-likeness (QED) is 0.755. The van der Waals surface area contributed by atoms with Crippen molar-refractivity contribution < 1.29 is 9.21 Å². The van der Waals surface area contributed by atoms with Crippen LogP contribution in [-0.2, 0) is 11.2 Å². The third kappa shape index (κ3) is 2.31. The van der Waals surface area contributed by atoms with Crippen molar-refractivity contribution in [3.05, 3.63) is 51.3 Å². The topological polar surface area (TPSA) is 52.2 Å². The number of carbonyl (C=O) groups excluding carboxylic acids is 1. The summed E-state index contributed by atoms with van der Waals surface area (Å²) in [4.78, 5) is 24.7. The number of benzene rings is 1. The van der Waals surface area contributed by atoms with Crippen molar-refractivity contribution in [1.82, 2.24) is 4.57 Å². The highest BCUT2D eigenvalue weighted by Crippen LogP contribution is 2.35. The van der Waals surface area contributed by atoms with E-state index < -0.39 is 5.76 Å². The average molecular weight is 320 g/mol. The summed E-state index contributed by atoms with van der Waals surface area (Å²) in [5.41, 5.74) is 1.51. The molecule has 0 radical (unpaired) electrons. The van der Waals surface area contributed by atoms with Crippen molar-refractivity contribution in [3.8, 4) is 5.69 Å². The van der Waals surface area contributed by atoms with Gasteiger partial charge < -0.3 is 4.42 Å². The molecule has 1 aromatic carbocycles. The molecule has 0 amide bonds. The maximum absolute atomic E-state index is 12.4. The van der Waals surface area contributed by atoms with Crippen LogP contribution in [0, 0.1) is 11.8 Å². The van der Waals surface area contributed by atoms with Crippen molar-refractivity contribution >= 4 is 17.4 Å². The molecule has 0 saturated carbocycles. The van der Waals surface area contributed by atoms with E-state index in [0.717, 1.165) is 5.69 Å². The zero-order chi connectivity index (χ0) is 16.0. The van der Waals surface area contributed by atoms with Crippen LogP contribution in [0.5, 0.6) is 0 Å². The highest BCUT2D eigenvalue weighted by atomic mass is 35.5. The second kappa shape index (κ2) is 5.43. The summed E-state index contributed by atoms with van der Waals surface area (Å²) in [6.45, 7) is 5.75. The molecule has 1 aromatic heterocycles. The Bertz CT molecular complexity index is 772. The average Bonchev–Trinajstić information content (AvgIpc) is 2.79. The summed E-state index contributed by atoms with van der Waals surface area (Å²) in [6.07, 6.45) is 0.511. The molecule has 5 heteroatoms. The van der Waals surface area contributed by atoms with Crippen LogP contribution >= 0.6 is 11.6 Å². The predicted molar refractivity (Wildman–Crippen MR) is 84.8 cm³/mol. The molecule has 0 saturated heterocycles. The zero-order valence-corrected chi connectivity index (χ0v) is 13.6. The first-order valence-electron chi connectivity index (χ1n) is 7.44. The van der Waals surface area contributed by atoms with Crippen LogP contribution in [-0.4, -0.2) is 10.4 Å². The van der Waals surface area contributed by atoms with Gasteiger partial charge in [-0.25, -0.2) is 9.36 Å². The summed E-state index contributed by atoms with van der Waals surface area (Å²) in [5, 5.41) is 0.608. The van der Waals surface area contributed by atoms with Gasteiger partial charge in [-0.05, 0) is 24.3 Å². The largest absolute Gasteiger partial charge is 0.424 e. The van der Waals surface area contributed by atoms with Crippen molar-refractivity contribution in [2.45, 2.75) is 33.1 Å². The van der Waals surface area contributed by atoms with Crippen molar-refractivity contribution in [2.24, 2.45) is 11.8 Å². The van der Waals surface area contributed by atoms with Crippen LogP contribution < -0.4 is 5.76 Å². The Morgan fingerprint density at radius 3 is 2.36 bits per heavy atom. The van der Waals surface area contributed by atoms with E-state index in [-0.39, 0.29) is 23.5 Å². The zero-order valence-electron chi connectivity index (χ0n) is 12.8. The number of rotatable bonds is 1. The van der Waals surface area contributed by atoms with Crippen LogP contribution in [0.3, 0.4) is 0 Å². The van der Waals surface area contributed by atoms with Gasteiger partial charge in [-0.1, -0.05) is 32.4 Å². The van der Waals surface area contributed by atoms with Gasteiger partial charge in [0.15, 0.2) is 0 Å². The molecule has 1 aliphatic carbocycles.